The van der Waals surface area contributed by atoms with E-state index in [1.54, 1.807) is 0 Å². The largest absolute Gasteiger partial charge is 0.351 e. The van der Waals surface area contributed by atoms with Gasteiger partial charge in [0.25, 0.3) is 5.91 Å². The van der Waals surface area contributed by atoms with Crippen LogP contribution in [0.25, 0.3) is 0 Å². The molecule has 0 fully saturated rings. The second-order valence-corrected chi connectivity index (χ2v) is 6.52. The maximum Gasteiger partial charge on any atom is 0.251 e. The molecule has 3 nitrogen and oxygen atoms in total. The number of hydrogen-bond acceptors (Lipinski definition) is 2. The molecule has 2 aromatic rings. The molecule has 0 atom stereocenters. The summed E-state index contributed by atoms with van der Waals surface area (Å²) in [4.78, 5) is 12.4. The monoisotopic (exact) mass is 294 g/mol. The number of rotatable bonds is 4. The maximum atomic E-state index is 12.4. The van der Waals surface area contributed by atoms with Gasteiger partial charge in [-0.3, -0.25) is 4.79 Å². The fraction of sp³-hybridized carbons (Fsp3) is 0.316. The molecule has 0 radical (unpaired) electrons. The lowest BCUT2D eigenvalue weighted by molar-refractivity contribution is 0.0945. The molecule has 0 saturated heterocycles. The van der Waals surface area contributed by atoms with E-state index in [2.05, 4.69) is 36.6 Å². The zero-order valence-corrected chi connectivity index (χ0v) is 13.1. The maximum absolute atomic E-state index is 12.4. The molecule has 1 aliphatic rings. The number of hydrogen-bond donors (Lipinski definition) is 2. The molecule has 1 amide bonds. The first-order chi connectivity index (χ1) is 10.6. The van der Waals surface area contributed by atoms with Crippen molar-refractivity contribution in [3.8, 4) is 0 Å². The number of amides is 1. The van der Waals surface area contributed by atoms with Crippen molar-refractivity contribution in [3.63, 3.8) is 0 Å². The quantitative estimate of drug-likeness (QED) is 0.910. The molecule has 114 valence electrons. The molecule has 1 heterocycles. The minimum Gasteiger partial charge on any atom is -0.351 e. The Labute approximate surface area is 131 Å². The van der Waals surface area contributed by atoms with Gasteiger partial charge in [-0.2, -0.15) is 0 Å². The lowest BCUT2D eigenvalue weighted by atomic mass is 9.84. The molecule has 0 bridgehead atoms. The fourth-order valence-corrected chi connectivity index (χ4v) is 2.83. The van der Waals surface area contributed by atoms with Crippen molar-refractivity contribution in [3.05, 3.63) is 70.8 Å². The van der Waals surface area contributed by atoms with Gasteiger partial charge >= 0.3 is 0 Å². The zero-order valence-electron chi connectivity index (χ0n) is 13.1. The summed E-state index contributed by atoms with van der Waals surface area (Å²) in [6.45, 7) is 6.67. The summed E-state index contributed by atoms with van der Waals surface area (Å²) in [5, 5.41) is 6.37. The molecule has 22 heavy (non-hydrogen) atoms. The predicted octanol–water partition coefficient (Wildman–Crippen LogP) is 3.00. The lowest BCUT2D eigenvalue weighted by Gasteiger charge is -2.25. The van der Waals surface area contributed by atoms with Crippen molar-refractivity contribution in [2.45, 2.75) is 32.4 Å². The van der Waals surface area contributed by atoms with E-state index in [0.29, 0.717) is 6.54 Å². The third-order valence-electron chi connectivity index (χ3n) is 4.35. The van der Waals surface area contributed by atoms with Crippen molar-refractivity contribution in [2.75, 3.05) is 6.54 Å². The average molecular weight is 294 g/mol. The fourth-order valence-electron chi connectivity index (χ4n) is 2.83. The highest BCUT2D eigenvalue weighted by molar-refractivity contribution is 5.94. The van der Waals surface area contributed by atoms with Crippen LogP contribution in [-0.2, 0) is 18.5 Å². The summed E-state index contributed by atoms with van der Waals surface area (Å²) in [7, 11) is 0. The van der Waals surface area contributed by atoms with Crippen molar-refractivity contribution >= 4 is 5.91 Å². The van der Waals surface area contributed by atoms with Gasteiger partial charge in [0.05, 0.1) is 0 Å². The van der Waals surface area contributed by atoms with Crippen LogP contribution in [0.3, 0.4) is 0 Å². The van der Waals surface area contributed by atoms with Crippen molar-refractivity contribution in [1.82, 2.24) is 10.6 Å². The summed E-state index contributed by atoms with van der Waals surface area (Å²) >= 11 is 0. The number of carbonyl (C=O) groups excluding carboxylic acids is 1. The van der Waals surface area contributed by atoms with Crippen LogP contribution in [-0.4, -0.2) is 12.5 Å². The van der Waals surface area contributed by atoms with Gasteiger partial charge in [-0.05, 0) is 28.8 Å². The van der Waals surface area contributed by atoms with E-state index in [9.17, 15) is 4.79 Å². The summed E-state index contributed by atoms with van der Waals surface area (Å²) in [6.07, 6.45) is 0. The highest BCUT2D eigenvalue weighted by Gasteiger charge is 2.22. The predicted molar refractivity (Wildman–Crippen MR) is 88.8 cm³/mol. The second-order valence-electron chi connectivity index (χ2n) is 6.52. The molecule has 0 unspecified atom stereocenters. The molecular formula is C19H22N2O. The van der Waals surface area contributed by atoms with Crippen LogP contribution < -0.4 is 10.6 Å². The van der Waals surface area contributed by atoms with E-state index < -0.39 is 0 Å². The third kappa shape index (κ3) is 3.04. The Hall–Kier alpha value is -2.13. The average Bonchev–Trinajstić information content (AvgIpc) is 3.01. The molecule has 0 spiro atoms. The van der Waals surface area contributed by atoms with Crippen LogP contribution in [0, 0.1) is 0 Å². The number of benzene rings is 2. The molecule has 0 aliphatic carbocycles. The number of nitrogens with one attached hydrogen (secondary N) is 2. The molecule has 0 aromatic heterocycles. The van der Waals surface area contributed by atoms with Crippen LogP contribution in [0.5, 0.6) is 0 Å². The summed E-state index contributed by atoms with van der Waals surface area (Å²) < 4.78 is 0. The van der Waals surface area contributed by atoms with Crippen molar-refractivity contribution in [2.24, 2.45) is 0 Å². The Morgan fingerprint density at radius 2 is 1.82 bits per heavy atom. The van der Waals surface area contributed by atoms with Gasteiger partial charge in [-0.25, -0.2) is 0 Å². The van der Waals surface area contributed by atoms with Gasteiger partial charge in [0.2, 0.25) is 0 Å². The van der Waals surface area contributed by atoms with E-state index in [1.165, 1.54) is 16.7 Å². The third-order valence-corrected chi connectivity index (χ3v) is 4.35. The van der Waals surface area contributed by atoms with Gasteiger partial charge in [0, 0.05) is 30.6 Å². The normalized spacial score (nSPS) is 13.7. The highest BCUT2D eigenvalue weighted by Crippen LogP contribution is 2.22. The van der Waals surface area contributed by atoms with Crippen LogP contribution in [0.2, 0.25) is 0 Å². The SMILES string of the molecule is CC(C)(CNC(=O)c1ccc2c(c1)CNC2)c1ccccc1. The smallest absolute Gasteiger partial charge is 0.251 e. The molecule has 0 saturated carbocycles. The first-order valence-electron chi connectivity index (χ1n) is 7.72. The topological polar surface area (TPSA) is 41.1 Å². The Kier molecular flexibility index (Phi) is 3.99. The van der Waals surface area contributed by atoms with Crippen LogP contribution in [0.15, 0.2) is 48.5 Å². The van der Waals surface area contributed by atoms with E-state index >= 15 is 0 Å². The van der Waals surface area contributed by atoms with Crippen LogP contribution >= 0.6 is 0 Å². The summed E-state index contributed by atoms with van der Waals surface area (Å²) in [6, 6.07) is 16.2. The van der Waals surface area contributed by atoms with Crippen molar-refractivity contribution < 1.29 is 4.79 Å². The second kappa shape index (κ2) is 5.93. The van der Waals surface area contributed by atoms with Crippen LogP contribution in [0.1, 0.15) is 40.9 Å². The van der Waals surface area contributed by atoms with Gasteiger partial charge in [0.1, 0.15) is 0 Å². The Balaban J connectivity index is 1.67. The zero-order chi connectivity index (χ0) is 15.6. The standard InChI is InChI=1S/C19H22N2O/c1-19(2,17-6-4-3-5-7-17)13-21-18(22)14-8-9-15-11-20-12-16(15)10-14/h3-10,20H,11-13H2,1-2H3,(H,21,22). The molecule has 2 N–H and O–H groups in total. The van der Waals surface area contributed by atoms with Crippen LogP contribution in [0.4, 0.5) is 0 Å². The number of carbonyl (C=O) groups is 1. The minimum absolute atomic E-state index is 0.00120. The molecule has 3 heteroatoms. The van der Waals surface area contributed by atoms with Gasteiger partial charge in [-0.15, -0.1) is 0 Å². The van der Waals surface area contributed by atoms with E-state index in [1.807, 2.05) is 36.4 Å². The number of fused-ring (bicyclic) bond motifs is 1. The van der Waals surface area contributed by atoms with Gasteiger partial charge < -0.3 is 10.6 Å². The highest BCUT2D eigenvalue weighted by atomic mass is 16.1. The molecule has 1 aliphatic heterocycles. The van der Waals surface area contributed by atoms with Crippen molar-refractivity contribution in [1.29, 1.82) is 0 Å². The van der Waals surface area contributed by atoms with E-state index in [-0.39, 0.29) is 11.3 Å². The Morgan fingerprint density at radius 1 is 1.09 bits per heavy atom. The molecule has 3 rings (SSSR count). The minimum atomic E-state index is -0.0881. The lowest BCUT2D eigenvalue weighted by Crippen LogP contribution is -2.36. The summed E-state index contributed by atoms with van der Waals surface area (Å²) in [5.41, 5.74) is 4.41. The first-order valence-corrected chi connectivity index (χ1v) is 7.72. The van der Waals surface area contributed by atoms with E-state index in [4.69, 9.17) is 0 Å². The first kappa shape index (κ1) is 14.8. The summed E-state index contributed by atoms with van der Waals surface area (Å²) in [5.74, 6) is -0.00120. The molecular weight excluding hydrogens is 272 g/mol. The molecule has 2 aromatic carbocycles. The van der Waals surface area contributed by atoms with Gasteiger partial charge in [-0.1, -0.05) is 50.2 Å². The van der Waals surface area contributed by atoms with E-state index in [0.717, 1.165) is 18.7 Å². The Bertz CT molecular complexity index is 677. The Morgan fingerprint density at radius 3 is 2.59 bits per heavy atom. The van der Waals surface area contributed by atoms with Gasteiger partial charge in [0.15, 0.2) is 0 Å².